The van der Waals surface area contributed by atoms with Gasteiger partial charge in [-0.05, 0) is 50.5 Å². The van der Waals surface area contributed by atoms with Crippen LogP contribution in [0.1, 0.15) is 50.7 Å². The topological polar surface area (TPSA) is 86.8 Å². The van der Waals surface area contributed by atoms with Gasteiger partial charge in [-0.2, -0.15) is 0 Å². The second-order valence-corrected chi connectivity index (χ2v) is 11.0. The van der Waals surface area contributed by atoms with Gasteiger partial charge >= 0.3 is 0 Å². The zero-order valence-corrected chi connectivity index (χ0v) is 22.5. The highest BCUT2D eigenvalue weighted by atomic mass is 35.5. The molecule has 0 aliphatic rings. The summed E-state index contributed by atoms with van der Waals surface area (Å²) in [4.78, 5) is 27.5. The molecule has 7 nitrogen and oxygen atoms in total. The van der Waals surface area contributed by atoms with Gasteiger partial charge in [0, 0.05) is 31.1 Å². The molecule has 0 saturated heterocycles. The molecule has 35 heavy (non-hydrogen) atoms. The second kappa shape index (κ2) is 13.5. The molecule has 192 valence electrons. The summed E-state index contributed by atoms with van der Waals surface area (Å²) in [6, 6.07) is 13.7. The molecule has 2 aromatic carbocycles. The molecule has 0 bridgehead atoms. The molecular weight excluding hydrogens is 486 g/mol. The van der Waals surface area contributed by atoms with Crippen molar-refractivity contribution in [2.24, 2.45) is 0 Å². The molecule has 0 saturated carbocycles. The Bertz CT molecular complexity index is 1090. The summed E-state index contributed by atoms with van der Waals surface area (Å²) in [6.07, 6.45) is 3.37. The van der Waals surface area contributed by atoms with Crippen LogP contribution >= 0.6 is 11.6 Å². The minimum atomic E-state index is -3.52. The minimum Gasteiger partial charge on any atom is -0.354 e. The number of carbonyl (C=O) groups excluding carboxylic acids is 2. The van der Waals surface area contributed by atoms with E-state index in [-0.39, 0.29) is 31.3 Å². The Morgan fingerprint density at radius 2 is 1.71 bits per heavy atom. The van der Waals surface area contributed by atoms with Gasteiger partial charge in [-0.1, -0.05) is 60.8 Å². The van der Waals surface area contributed by atoms with E-state index in [4.69, 9.17) is 11.6 Å². The number of rotatable bonds is 13. The molecular formula is C26H36ClN3O4S. The van der Waals surface area contributed by atoms with Crippen LogP contribution < -0.4 is 9.62 Å². The third-order valence-electron chi connectivity index (χ3n) is 5.77. The number of anilines is 1. The minimum absolute atomic E-state index is 0.0922. The molecule has 0 aromatic heterocycles. The molecule has 0 radical (unpaired) electrons. The van der Waals surface area contributed by atoms with Gasteiger partial charge in [-0.15, -0.1) is 0 Å². The van der Waals surface area contributed by atoms with E-state index >= 15 is 0 Å². The Balaban J connectivity index is 2.14. The predicted molar refractivity (Wildman–Crippen MR) is 142 cm³/mol. The number of hydrogen-bond donors (Lipinski definition) is 1. The number of halogens is 1. The van der Waals surface area contributed by atoms with Crippen molar-refractivity contribution in [2.45, 2.75) is 59.0 Å². The van der Waals surface area contributed by atoms with Crippen molar-refractivity contribution in [1.29, 1.82) is 0 Å². The number of nitrogens with one attached hydrogen (secondary N) is 1. The molecule has 0 spiro atoms. The maximum Gasteiger partial charge on any atom is 0.242 e. The van der Waals surface area contributed by atoms with Crippen molar-refractivity contribution in [1.82, 2.24) is 10.2 Å². The van der Waals surface area contributed by atoms with Gasteiger partial charge in [0.2, 0.25) is 21.8 Å². The summed E-state index contributed by atoms with van der Waals surface area (Å²) in [7, 11) is -3.52. The standard InChI is InChI=1S/C26H36ClN3O4S/c1-5-6-17-28-26(32)21(3)29(19-22-10-7-8-11-24(22)27)25(31)12-9-18-30(35(4,33)34)23-15-13-20(2)14-16-23/h7-8,10-11,13-16,21H,5-6,9,12,17-19H2,1-4H3,(H,28,32)/t21-/m0/s1. The van der Waals surface area contributed by atoms with Gasteiger partial charge in [0.25, 0.3) is 0 Å². The molecule has 1 N–H and O–H groups in total. The Morgan fingerprint density at radius 1 is 1.06 bits per heavy atom. The first kappa shape index (κ1) is 28.7. The number of unbranched alkanes of at least 4 members (excludes halogenated alkanes) is 1. The average Bonchev–Trinajstić information content (AvgIpc) is 2.81. The van der Waals surface area contributed by atoms with E-state index in [1.165, 1.54) is 9.21 Å². The van der Waals surface area contributed by atoms with E-state index in [9.17, 15) is 18.0 Å². The van der Waals surface area contributed by atoms with E-state index in [1.54, 1.807) is 25.1 Å². The second-order valence-electron chi connectivity index (χ2n) is 8.71. The van der Waals surface area contributed by atoms with Crippen LogP contribution in [0.5, 0.6) is 0 Å². The average molecular weight is 522 g/mol. The number of sulfonamides is 1. The lowest BCUT2D eigenvalue weighted by molar-refractivity contribution is -0.140. The zero-order chi connectivity index (χ0) is 26.0. The molecule has 1 atom stereocenters. The van der Waals surface area contributed by atoms with Crippen LogP contribution in [0.3, 0.4) is 0 Å². The van der Waals surface area contributed by atoms with Gasteiger partial charge in [-0.25, -0.2) is 8.42 Å². The van der Waals surface area contributed by atoms with Crippen molar-refractivity contribution < 1.29 is 18.0 Å². The molecule has 2 rings (SSSR count). The molecule has 0 heterocycles. The van der Waals surface area contributed by atoms with Crippen LogP contribution in [-0.4, -0.2) is 50.5 Å². The number of aryl methyl sites for hydroxylation is 1. The van der Waals surface area contributed by atoms with Crippen LogP contribution in [0.2, 0.25) is 5.02 Å². The number of nitrogens with zero attached hydrogens (tertiary/aromatic N) is 2. The van der Waals surface area contributed by atoms with Gasteiger partial charge in [0.05, 0.1) is 11.9 Å². The molecule has 0 unspecified atom stereocenters. The zero-order valence-electron chi connectivity index (χ0n) is 21.0. The molecule has 9 heteroatoms. The molecule has 0 aliphatic heterocycles. The van der Waals surface area contributed by atoms with Crippen molar-refractivity contribution in [3.8, 4) is 0 Å². The van der Waals surface area contributed by atoms with E-state index in [2.05, 4.69) is 5.32 Å². The fourth-order valence-electron chi connectivity index (χ4n) is 3.64. The summed E-state index contributed by atoms with van der Waals surface area (Å²) < 4.78 is 26.1. The number of hydrogen-bond acceptors (Lipinski definition) is 4. The third-order valence-corrected chi connectivity index (χ3v) is 7.33. The van der Waals surface area contributed by atoms with Crippen LogP contribution in [0.25, 0.3) is 0 Å². The van der Waals surface area contributed by atoms with Crippen molar-refractivity contribution in [3.05, 3.63) is 64.7 Å². The molecule has 2 aromatic rings. The van der Waals surface area contributed by atoms with E-state index in [0.29, 0.717) is 23.7 Å². The first-order valence-electron chi connectivity index (χ1n) is 11.9. The SMILES string of the molecule is CCCCNC(=O)[C@H](C)N(Cc1ccccc1Cl)C(=O)CCCN(c1ccc(C)cc1)S(C)(=O)=O. The summed E-state index contributed by atoms with van der Waals surface area (Å²) in [5.74, 6) is -0.461. The van der Waals surface area contributed by atoms with Crippen LogP contribution in [0.4, 0.5) is 5.69 Å². The smallest absolute Gasteiger partial charge is 0.242 e. The van der Waals surface area contributed by atoms with Crippen molar-refractivity contribution >= 4 is 39.1 Å². The van der Waals surface area contributed by atoms with Gasteiger partial charge < -0.3 is 10.2 Å². The Hall–Kier alpha value is -2.58. The fraction of sp³-hybridized carbons (Fsp3) is 0.462. The summed E-state index contributed by atoms with van der Waals surface area (Å²) in [6.45, 7) is 6.57. The van der Waals surface area contributed by atoms with E-state index in [1.807, 2.05) is 44.2 Å². The van der Waals surface area contributed by atoms with Gasteiger partial charge in [0.1, 0.15) is 6.04 Å². The normalized spacial score (nSPS) is 12.1. The first-order chi connectivity index (χ1) is 16.5. The highest BCUT2D eigenvalue weighted by molar-refractivity contribution is 7.92. The molecule has 0 aliphatic carbocycles. The van der Waals surface area contributed by atoms with Crippen LogP contribution in [-0.2, 0) is 26.2 Å². The third kappa shape index (κ3) is 8.85. The summed E-state index contributed by atoms with van der Waals surface area (Å²) >= 11 is 6.32. The molecule has 0 fully saturated rings. The Kier molecular flexibility index (Phi) is 11.0. The fourth-order valence-corrected chi connectivity index (χ4v) is 4.80. The lowest BCUT2D eigenvalue weighted by Crippen LogP contribution is -2.48. The predicted octanol–water partition coefficient (Wildman–Crippen LogP) is 4.53. The lowest BCUT2D eigenvalue weighted by Gasteiger charge is -2.29. The van der Waals surface area contributed by atoms with Crippen molar-refractivity contribution in [3.63, 3.8) is 0 Å². The number of amides is 2. The number of carbonyl (C=O) groups is 2. The molecule has 2 amide bonds. The van der Waals surface area contributed by atoms with E-state index < -0.39 is 16.1 Å². The highest BCUT2D eigenvalue weighted by Crippen LogP contribution is 2.21. The maximum absolute atomic E-state index is 13.3. The van der Waals surface area contributed by atoms with Crippen molar-refractivity contribution in [2.75, 3.05) is 23.7 Å². The van der Waals surface area contributed by atoms with Gasteiger partial charge in [-0.3, -0.25) is 13.9 Å². The summed E-state index contributed by atoms with van der Waals surface area (Å²) in [5.41, 5.74) is 2.33. The van der Waals surface area contributed by atoms with Crippen LogP contribution in [0, 0.1) is 6.92 Å². The number of benzene rings is 2. The monoisotopic (exact) mass is 521 g/mol. The Labute approximate surface area is 214 Å². The highest BCUT2D eigenvalue weighted by Gasteiger charge is 2.27. The van der Waals surface area contributed by atoms with Gasteiger partial charge in [0.15, 0.2) is 0 Å². The lowest BCUT2D eigenvalue weighted by atomic mass is 10.1. The quantitative estimate of drug-likeness (QED) is 0.392. The summed E-state index contributed by atoms with van der Waals surface area (Å²) in [5, 5.41) is 3.41. The Morgan fingerprint density at radius 3 is 2.31 bits per heavy atom. The van der Waals surface area contributed by atoms with Crippen LogP contribution in [0.15, 0.2) is 48.5 Å². The van der Waals surface area contributed by atoms with E-state index in [0.717, 1.165) is 30.2 Å². The first-order valence-corrected chi connectivity index (χ1v) is 14.1. The maximum atomic E-state index is 13.3. The largest absolute Gasteiger partial charge is 0.354 e.